The van der Waals surface area contributed by atoms with Crippen molar-refractivity contribution in [3.63, 3.8) is 0 Å². The summed E-state index contributed by atoms with van der Waals surface area (Å²) in [5.41, 5.74) is 1.43. The number of nitrogens with one attached hydrogen (secondary N) is 1. The van der Waals surface area contributed by atoms with E-state index in [2.05, 4.69) is 10.3 Å². The molecule has 33 heavy (non-hydrogen) atoms. The first kappa shape index (κ1) is 22.2. The number of rotatable bonds is 7. The zero-order valence-corrected chi connectivity index (χ0v) is 18.0. The molecule has 1 N–H and O–H groups in total. The summed E-state index contributed by atoms with van der Waals surface area (Å²) < 4.78 is 5.20. The van der Waals surface area contributed by atoms with Crippen molar-refractivity contribution in [2.24, 2.45) is 0 Å². The molecule has 2 aromatic carbocycles. The Kier molecular flexibility index (Phi) is 6.46. The van der Waals surface area contributed by atoms with E-state index in [0.29, 0.717) is 0 Å². The van der Waals surface area contributed by atoms with Crippen molar-refractivity contribution in [1.29, 1.82) is 0 Å². The van der Waals surface area contributed by atoms with Crippen LogP contribution in [-0.4, -0.2) is 46.2 Å². The summed E-state index contributed by atoms with van der Waals surface area (Å²) in [6, 6.07) is 17.2. The van der Waals surface area contributed by atoms with Crippen LogP contribution >= 0.6 is 11.6 Å². The number of carbonyl (C=O) groups is 4. The van der Waals surface area contributed by atoms with Gasteiger partial charge >= 0.3 is 5.97 Å². The predicted molar refractivity (Wildman–Crippen MR) is 120 cm³/mol. The van der Waals surface area contributed by atoms with Crippen molar-refractivity contribution < 1.29 is 23.9 Å². The molecule has 1 atom stereocenters. The van der Waals surface area contributed by atoms with E-state index in [-0.39, 0.29) is 28.4 Å². The maximum Gasteiger partial charge on any atom is 0.330 e. The second-order valence-electron chi connectivity index (χ2n) is 7.23. The first-order valence-electron chi connectivity index (χ1n) is 10.0. The molecule has 0 radical (unpaired) electrons. The second kappa shape index (κ2) is 9.62. The first-order chi connectivity index (χ1) is 16.0. The van der Waals surface area contributed by atoms with E-state index in [1.807, 2.05) is 6.07 Å². The van der Waals surface area contributed by atoms with Crippen LogP contribution in [0, 0.1) is 0 Å². The standard InChI is InChI=1S/C24H18ClN3O5/c25-21-18(11-6-12-26-21)27-20(29)14-33-24(32)19(13-15-7-2-1-3-8-15)28-22(30)16-9-4-5-10-17(16)23(28)31/h1-12,19H,13-14H2,(H,27,29). The van der Waals surface area contributed by atoms with Crippen molar-refractivity contribution in [3.8, 4) is 0 Å². The fourth-order valence-corrected chi connectivity index (χ4v) is 3.67. The molecule has 0 aliphatic carbocycles. The van der Waals surface area contributed by atoms with Gasteiger partial charge in [0.05, 0.1) is 16.8 Å². The number of anilines is 1. The first-order valence-corrected chi connectivity index (χ1v) is 10.4. The van der Waals surface area contributed by atoms with Gasteiger partial charge in [0.1, 0.15) is 6.04 Å². The monoisotopic (exact) mass is 463 g/mol. The number of amides is 3. The number of carbonyl (C=O) groups excluding carboxylic acids is 4. The average Bonchev–Trinajstić information content (AvgIpc) is 3.08. The van der Waals surface area contributed by atoms with Gasteiger partial charge in [-0.2, -0.15) is 0 Å². The van der Waals surface area contributed by atoms with Crippen LogP contribution in [0.1, 0.15) is 26.3 Å². The van der Waals surface area contributed by atoms with Crippen LogP contribution in [0.3, 0.4) is 0 Å². The molecule has 9 heteroatoms. The largest absolute Gasteiger partial charge is 0.454 e. The predicted octanol–water partition coefficient (Wildman–Crippen LogP) is 3.12. The van der Waals surface area contributed by atoms with Crippen molar-refractivity contribution in [2.75, 3.05) is 11.9 Å². The number of halogens is 1. The zero-order valence-electron chi connectivity index (χ0n) is 17.2. The van der Waals surface area contributed by atoms with Gasteiger partial charge < -0.3 is 10.1 Å². The van der Waals surface area contributed by atoms with Crippen LogP contribution in [-0.2, 0) is 20.7 Å². The van der Waals surface area contributed by atoms with E-state index >= 15 is 0 Å². The lowest BCUT2D eigenvalue weighted by atomic mass is 10.0. The topological polar surface area (TPSA) is 106 Å². The lowest BCUT2D eigenvalue weighted by molar-refractivity contribution is -0.151. The number of benzene rings is 2. The molecule has 3 amide bonds. The van der Waals surface area contributed by atoms with Crippen LogP contribution in [0.25, 0.3) is 0 Å². The van der Waals surface area contributed by atoms with Gasteiger partial charge in [0.15, 0.2) is 11.8 Å². The molecule has 0 bridgehead atoms. The number of hydrogen-bond acceptors (Lipinski definition) is 6. The van der Waals surface area contributed by atoms with E-state index in [0.717, 1.165) is 10.5 Å². The molecule has 1 aliphatic rings. The van der Waals surface area contributed by atoms with Gasteiger partial charge in [-0.25, -0.2) is 9.78 Å². The highest BCUT2D eigenvalue weighted by Crippen LogP contribution is 2.26. The molecule has 0 fully saturated rings. The zero-order chi connectivity index (χ0) is 23.4. The van der Waals surface area contributed by atoms with Gasteiger partial charge in [-0.05, 0) is 29.8 Å². The number of nitrogens with zero attached hydrogens (tertiary/aromatic N) is 2. The van der Waals surface area contributed by atoms with Gasteiger partial charge in [0.2, 0.25) is 0 Å². The van der Waals surface area contributed by atoms with E-state index in [1.165, 1.54) is 18.3 Å². The second-order valence-corrected chi connectivity index (χ2v) is 7.59. The molecule has 8 nitrogen and oxygen atoms in total. The van der Waals surface area contributed by atoms with Gasteiger partial charge in [-0.3, -0.25) is 19.3 Å². The van der Waals surface area contributed by atoms with Gasteiger partial charge in [0.25, 0.3) is 17.7 Å². The quantitative estimate of drug-likeness (QED) is 0.328. The van der Waals surface area contributed by atoms with Crippen LogP contribution in [0.2, 0.25) is 5.15 Å². The summed E-state index contributed by atoms with van der Waals surface area (Å²) in [7, 11) is 0. The highest BCUT2D eigenvalue weighted by molar-refractivity contribution is 6.32. The number of esters is 1. The highest BCUT2D eigenvalue weighted by Gasteiger charge is 2.43. The Bertz CT molecular complexity index is 1200. The van der Waals surface area contributed by atoms with E-state index < -0.39 is 36.3 Å². The van der Waals surface area contributed by atoms with Gasteiger partial charge in [-0.15, -0.1) is 0 Å². The third-order valence-corrected chi connectivity index (χ3v) is 5.36. The summed E-state index contributed by atoms with van der Waals surface area (Å²) in [6.45, 7) is -0.626. The Balaban J connectivity index is 1.52. The van der Waals surface area contributed by atoms with Crippen LogP contribution in [0.4, 0.5) is 5.69 Å². The van der Waals surface area contributed by atoms with E-state index in [1.54, 1.807) is 48.5 Å². The van der Waals surface area contributed by atoms with Crippen LogP contribution in [0.15, 0.2) is 72.9 Å². The number of fused-ring (bicyclic) bond motifs is 1. The molecule has 2 heterocycles. The molecule has 0 saturated carbocycles. The number of imide groups is 1. The summed E-state index contributed by atoms with van der Waals surface area (Å²) in [5, 5.41) is 2.59. The molecular weight excluding hydrogens is 446 g/mol. The Hall–Kier alpha value is -4.04. The third kappa shape index (κ3) is 4.75. The molecule has 1 aromatic heterocycles. The van der Waals surface area contributed by atoms with Gasteiger partial charge in [-0.1, -0.05) is 54.1 Å². The number of pyridine rings is 1. The summed E-state index contributed by atoms with van der Waals surface area (Å²) in [4.78, 5) is 55.9. The fraction of sp³-hybridized carbons (Fsp3) is 0.125. The number of hydrogen-bond donors (Lipinski definition) is 1. The Labute approximate surface area is 194 Å². The maximum absolute atomic E-state index is 13.0. The van der Waals surface area contributed by atoms with Gasteiger partial charge in [0, 0.05) is 12.6 Å². The fourth-order valence-electron chi connectivity index (χ4n) is 3.51. The number of aromatic nitrogens is 1. The smallest absolute Gasteiger partial charge is 0.330 e. The molecule has 0 spiro atoms. The van der Waals surface area contributed by atoms with Crippen molar-refractivity contribution in [2.45, 2.75) is 12.5 Å². The van der Waals surface area contributed by atoms with Crippen molar-refractivity contribution in [1.82, 2.24) is 9.88 Å². The maximum atomic E-state index is 13.0. The third-order valence-electron chi connectivity index (χ3n) is 5.06. The SMILES string of the molecule is O=C(COC(=O)C(Cc1ccccc1)N1C(=O)c2ccccc2C1=O)Nc1cccnc1Cl. The van der Waals surface area contributed by atoms with Crippen molar-refractivity contribution >= 4 is 41.0 Å². The summed E-state index contributed by atoms with van der Waals surface area (Å²) in [5.74, 6) is -2.68. The minimum absolute atomic E-state index is 0.0429. The Morgan fingerprint density at radius 1 is 0.939 bits per heavy atom. The molecule has 3 aromatic rings. The Morgan fingerprint density at radius 3 is 2.21 bits per heavy atom. The molecular formula is C24H18ClN3O5. The summed E-state index contributed by atoms with van der Waals surface area (Å²) >= 11 is 5.92. The minimum Gasteiger partial charge on any atom is -0.454 e. The molecule has 166 valence electrons. The molecule has 1 aliphatic heterocycles. The lowest BCUT2D eigenvalue weighted by Gasteiger charge is -2.24. The Morgan fingerprint density at radius 2 is 1.58 bits per heavy atom. The van der Waals surface area contributed by atoms with Crippen LogP contribution in [0.5, 0.6) is 0 Å². The molecule has 1 unspecified atom stereocenters. The average molecular weight is 464 g/mol. The lowest BCUT2D eigenvalue weighted by Crippen LogP contribution is -2.47. The highest BCUT2D eigenvalue weighted by atomic mass is 35.5. The molecule has 4 rings (SSSR count). The molecule has 0 saturated heterocycles. The van der Waals surface area contributed by atoms with Crippen molar-refractivity contribution in [3.05, 3.63) is 94.8 Å². The normalized spacial score (nSPS) is 13.4. The van der Waals surface area contributed by atoms with Crippen LogP contribution < -0.4 is 5.32 Å². The van der Waals surface area contributed by atoms with E-state index in [9.17, 15) is 19.2 Å². The summed E-state index contributed by atoms with van der Waals surface area (Å²) in [6.07, 6.45) is 1.51. The van der Waals surface area contributed by atoms with E-state index in [4.69, 9.17) is 16.3 Å². The minimum atomic E-state index is -1.24. The number of ether oxygens (including phenoxy) is 1.